The molecule has 4 nitrogen and oxygen atoms in total. The summed E-state index contributed by atoms with van der Waals surface area (Å²) in [5.41, 5.74) is 2.22. The Hall–Kier alpha value is -0.860. The van der Waals surface area contributed by atoms with Gasteiger partial charge in [0, 0.05) is 20.1 Å². The molecule has 2 heterocycles. The summed E-state index contributed by atoms with van der Waals surface area (Å²) >= 11 is 3.59. The SMILES string of the molecule is Cc1nn(C)c(CN2CCCC(C#N)C2)c1Br. The van der Waals surface area contributed by atoms with Gasteiger partial charge in [0.25, 0.3) is 0 Å². The number of rotatable bonds is 2. The number of piperidine rings is 1. The van der Waals surface area contributed by atoms with Gasteiger partial charge >= 0.3 is 0 Å². The molecule has 92 valence electrons. The minimum Gasteiger partial charge on any atom is -0.296 e. The van der Waals surface area contributed by atoms with Gasteiger partial charge in [-0.3, -0.25) is 9.58 Å². The Morgan fingerprint density at radius 1 is 1.59 bits per heavy atom. The van der Waals surface area contributed by atoms with Crippen LogP contribution in [-0.2, 0) is 13.6 Å². The van der Waals surface area contributed by atoms with E-state index in [1.54, 1.807) is 0 Å². The second-order valence-electron chi connectivity index (χ2n) is 4.67. The van der Waals surface area contributed by atoms with Crippen molar-refractivity contribution in [3.8, 4) is 6.07 Å². The standard InChI is InChI=1S/C12H17BrN4/c1-9-12(13)11(16(2)15-9)8-17-5-3-4-10(6-14)7-17/h10H,3-5,7-8H2,1-2H3. The first-order valence-corrected chi connectivity index (χ1v) is 6.71. The summed E-state index contributed by atoms with van der Waals surface area (Å²) in [4.78, 5) is 2.35. The molecule has 1 aromatic heterocycles. The van der Waals surface area contributed by atoms with E-state index in [1.165, 1.54) is 5.69 Å². The number of nitriles is 1. The van der Waals surface area contributed by atoms with Crippen LogP contribution in [-0.4, -0.2) is 27.8 Å². The topological polar surface area (TPSA) is 44.9 Å². The van der Waals surface area contributed by atoms with Crippen LogP contribution >= 0.6 is 15.9 Å². The molecule has 1 aliphatic rings. The predicted octanol–water partition coefficient (Wildman–Crippen LogP) is 2.23. The fraction of sp³-hybridized carbons (Fsp3) is 0.667. The van der Waals surface area contributed by atoms with Crippen LogP contribution in [0.15, 0.2) is 4.47 Å². The van der Waals surface area contributed by atoms with Crippen LogP contribution in [0, 0.1) is 24.2 Å². The molecule has 0 amide bonds. The molecule has 17 heavy (non-hydrogen) atoms. The monoisotopic (exact) mass is 296 g/mol. The smallest absolute Gasteiger partial charge is 0.0739 e. The maximum absolute atomic E-state index is 8.98. The number of hydrogen-bond acceptors (Lipinski definition) is 3. The van der Waals surface area contributed by atoms with Gasteiger partial charge < -0.3 is 0 Å². The number of likely N-dealkylation sites (tertiary alicyclic amines) is 1. The Kier molecular flexibility index (Phi) is 3.85. The van der Waals surface area contributed by atoms with Gasteiger partial charge in [0.1, 0.15) is 0 Å². The third-order valence-corrected chi connectivity index (χ3v) is 4.35. The molecule has 0 bridgehead atoms. The lowest BCUT2D eigenvalue weighted by Crippen LogP contribution is -2.34. The average molecular weight is 297 g/mol. The van der Waals surface area contributed by atoms with E-state index in [0.29, 0.717) is 0 Å². The van der Waals surface area contributed by atoms with Crippen molar-refractivity contribution in [2.24, 2.45) is 13.0 Å². The van der Waals surface area contributed by atoms with E-state index in [-0.39, 0.29) is 5.92 Å². The normalized spacial score (nSPS) is 21.4. The third-order valence-electron chi connectivity index (χ3n) is 3.32. The number of aryl methyl sites for hydroxylation is 2. The Bertz CT molecular complexity index is 446. The quantitative estimate of drug-likeness (QED) is 0.841. The van der Waals surface area contributed by atoms with Gasteiger partial charge in [0.05, 0.1) is 27.8 Å². The molecule has 0 N–H and O–H groups in total. The highest BCUT2D eigenvalue weighted by molar-refractivity contribution is 9.10. The summed E-state index contributed by atoms with van der Waals surface area (Å²) in [6.45, 7) is 4.83. The van der Waals surface area contributed by atoms with E-state index >= 15 is 0 Å². The first kappa shape index (κ1) is 12.6. The molecule has 1 atom stereocenters. The van der Waals surface area contributed by atoms with E-state index in [2.05, 4.69) is 32.0 Å². The molecule has 1 saturated heterocycles. The third kappa shape index (κ3) is 2.70. The fourth-order valence-electron chi connectivity index (χ4n) is 2.37. The summed E-state index contributed by atoms with van der Waals surface area (Å²) in [6.07, 6.45) is 2.16. The minimum atomic E-state index is 0.192. The highest BCUT2D eigenvalue weighted by Gasteiger charge is 2.21. The van der Waals surface area contributed by atoms with Crippen molar-refractivity contribution in [1.29, 1.82) is 5.26 Å². The molecule has 1 unspecified atom stereocenters. The van der Waals surface area contributed by atoms with Crippen LogP contribution in [0.1, 0.15) is 24.2 Å². The summed E-state index contributed by atoms with van der Waals surface area (Å²) in [6, 6.07) is 2.38. The molecule has 1 fully saturated rings. The highest BCUT2D eigenvalue weighted by atomic mass is 79.9. The van der Waals surface area contributed by atoms with Gasteiger partial charge in [0.2, 0.25) is 0 Å². The zero-order valence-corrected chi connectivity index (χ0v) is 11.9. The van der Waals surface area contributed by atoms with E-state index in [0.717, 1.165) is 42.6 Å². The van der Waals surface area contributed by atoms with Gasteiger partial charge in [-0.15, -0.1) is 0 Å². The summed E-state index contributed by atoms with van der Waals surface area (Å²) in [5.74, 6) is 0.192. The van der Waals surface area contributed by atoms with Gasteiger partial charge in [0.15, 0.2) is 0 Å². The molecule has 5 heteroatoms. The second kappa shape index (κ2) is 5.19. The van der Waals surface area contributed by atoms with Crippen molar-refractivity contribution in [2.75, 3.05) is 13.1 Å². The van der Waals surface area contributed by atoms with Crippen molar-refractivity contribution in [3.05, 3.63) is 15.9 Å². The van der Waals surface area contributed by atoms with Crippen LogP contribution in [0.25, 0.3) is 0 Å². The average Bonchev–Trinajstić information content (AvgIpc) is 2.56. The zero-order chi connectivity index (χ0) is 12.4. The summed E-state index contributed by atoms with van der Waals surface area (Å²) in [5, 5.41) is 13.4. The largest absolute Gasteiger partial charge is 0.296 e. The lowest BCUT2D eigenvalue weighted by atomic mass is 10.00. The van der Waals surface area contributed by atoms with Gasteiger partial charge in [-0.2, -0.15) is 10.4 Å². The van der Waals surface area contributed by atoms with E-state index in [1.807, 2.05) is 18.7 Å². The molecule has 0 aliphatic carbocycles. The summed E-state index contributed by atoms with van der Waals surface area (Å²) < 4.78 is 3.02. The minimum absolute atomic E-state index is 0.192. The van der Waals surface area contributed by atoms with E-state index < -0.39 is 0 Å². The Labute approximate surface area is 110 Å². The molecule has 0 aromatic carbocycles. The van der Waals surface area contributed by atoms with Crippen LogP contribution in [0.3, 0.4) is 0 Å². The van der Waals surface area contributed by atoms with Crippen molar-refractivity contribution in [1.82, 2.24) is 14.7 Å². The molecule has 0 spiro atoms. The van der Waals surface area contributed by atoms with E-state index in [4.69, 9.17) is 5.26 Å². The predicted molar refractivity (Wildman–Crippen MR) is 69.3 cm³/mol. The highest BCUT2D eigenvalue weighted by Crippen LogP contribution is 2.24. The summed E-state index contributed by atoms with van der Waals surface area (Å²) in [7, 11) is 1.97. The number of aromatic nitrogens is 2. The molecule has 2 rings (SSSR count). The molecule has 1 aliphatic heterocycles. The second-order valence-corrected chi connectivity index (χ2v) is 5.47. The Morgan fingerprint density at radius 2 is 2.35 bits per heavy atom. The van der Waals surface area contributed by atoms with E-state index in [9.17, 15) is 0 Å². The molecular formula is C12H17BrN4. The first-order valence-electron chi connectivity index (χ1n) is 5.91. The number of nitrogens with zero attached hydrogens (tertiary/aromatic N) is 4. The van der Waals surface area contributed by atoms with Crippen molar-refractivity contribution in [3.63, 3.8) is 0 Å². The van der Waals surface area contributed by atoms with Gasteiger partial charge in [-0.05, 0) is 42.2 Å². The molecule has 0 saturated carbocycles. The van der Waals surface area contributed by atoms with Crippen LogP contribution < -0.4 is 0 Å². The van der Waals surface area contributed by atoms with Crippen LogP contribution in [0.4, 0.5) is 0 Å². The van der Waals surface area contributed by atoms with Gasteiger partial charge in [-0.25, -0.2) is 0 Å². The maximum Gasteiger partial charge on any atom is 0.0739 e. The van der Waals surface area contributed by atoms with Crippen molar-refractivity contribution >= 4 is 15.9 Å². The zero-order valence-electron chi connectivity index (χ0n) is 10.3. The molecule has 0 radical (unpaired) electrons. The lowest BCUT2D eigenvalue weighted by Gasteiger charge is -2.29. The Balaban J connectivity index is 2.08. The van der Waals surface area contributed by atoms with Crippen LogP contribution in [0.2, 0.25) is 0 Å². The fourth-order valence-corrected chi connectivity index (χ4v) is 2.83. The molecular weight excluding hydrogens is 280 g/mol. The first-order chi connectivity index (χ1) is 8.11. The number of halogens is 1. The molecule has 1 aromatic rings. The van der Waals surface area contributed by atoms with Gasteiger partial charge in [-0.1, -0.05) is 0 Å². The van der Waals surface area contributed by atoms with Crippen molar-refractivity contribution in [2.45, 2.75) is 26.3 Å². The van der Waals surface area contributed by atoms with Crippen molar-refractivity contribution < 1.29 is 0 Å². The Morgan fingerprint density at radius 3 is 2.94 bits per heavy atom. The lowest BCUT2D eigenvalue weighted by molar-refractivity contribution is 0.187. The maximum atomic E-state index is 8.98. The number of hydrogen-bond donors (Lipinski definition) is 0. The van der Waals surface area contributed by atoms with Crippen LogP contribution in [0.5, 0.6) is 0 Å².